The zero-order valence-electron chi connectivity index (χ0n) is 9.39. The SMILES string of the molecule is CO[C@H](c1ccccc1)[C@H](C)[NH2+]CCO. The van der Waals surface area contributed by atoms with Crippen molar-refractivity contribution in [3.8, 4) is 0 Å². The van der Waals surface area contributed by atoms with E-state index in [0.717, 1.165) is 0 Å². The fourth-order valence-corrected chi connectivity index (χ4v) is 1.76. The number of ether oxygens (including phenoxy) is 1. The van der Waals surface area contributed by atoms with Crippen molar-refractivity contribution >= 4 is 0 Å². The van der Waals surface area contributed by atoms with Gasteiger partial charge < -0.3 is 15.2 Å². The third kappa shape index (κ3) is 3.63. The first-order chi connectivity index (χ1) is 7.29. The quantitative estimate of drug-likeness (QED) is 0.710. The lowest BCUT2D eigenvalue weighted by atomic mass is 10.0. The summed E-state index contributed by atoms with van der Waals surface area (Å²) in [5, 5.41) is 10.9. The van der Waals surface area contributed by atoms with Crippen LogP contribution in [0.1, 0.15) is 18.6 Å². The van der Waals surface area contributed by atoms with Crippen molar-refractivity contribution in [1.29, 1.82) is 0 Å². The van der Waals surface area contributed by atoms with E-state index in [1.165, 1.54) is 5.56 Å². The summed E-state index contributed by atoms with van der Waals surface area (Å²) in [7, 11) is 1.72. The third-order valence-electron chi connectivity index (χ3n) is 2.53. The lowest BCUT2D eigenvalue weighted by Gasteiger charge is -2.21. The number of methoxy groups -OCH3 is 1. The van der Waals surface area contributed by atoms with Crippen molar-refractivity contribution in [3.63, 3.8) is 0 Å². The molecule has 3 N–H and O–H groups in total. The molecule has 2 atom stereocenters. The van der Waals surface area contributed by atoms with Gasteiger partial charge in [0.2, 0.25) is 0 Å². The van der Waals surface area contributed by atoms with Gasteiger partial charge in [-0.05, 0) is 12.5 Å². The maximum atomic E-state index is 8.77. The Labute approximate surface area is 91.1 Å². The van der Waals surface area contributed by atoms with E-state index in [1.807, 2.05) is 18.2 Å². The summed E-state index contributed by atoms with van der Waals surface area (Å²) in [6.07, 6.45) is 0.0812. The van der Waals surface area contributed by atoms with Gasteiger partial charge in [-0.25, -0.2) is 0 Å². The number of nitrogens with two attached hydrogens (primary N) is 1. The van der Waals surface area contributed by atoms with Crippen molar-refractivity contribution in [1.82, 2.24) is 0 Å². The van der Waals surface area contributed by atoms with E-state index in [-0.39, 0.29) is 12.7 Å². The summed E-state index contributed by atoms with van der Waals surface area (Å²) in [5.41, 5.74) is 1.18. The molecular formula is C12H20NO2+. The third-order valence-corrected chi connectivity index (χ3v) is 2.53. The van der Waals surface area contributed by atoms with E-state index in [0.29, 0.717) is 12.6 Å². The van der Waals surface area contributed by atoms with Crippen LogP contribution in [0.5, 0.6) is 0 Å². The van der Waals surface area contributed by atoms with Crippen LogP contribution in [-0.4, -0.2) is 31.4 Å². The highest BCUT2D eigenvalue weighted by Crippen LogP contribution is 2.17. The maximum absolute atomic E-state index is 8.77. The summed E-state index contributed by atoms with van der Waals surface area (Å²) >= 11 is 0. The molecule has 15 heavy (non-hydrogen) atoms. The Kier molecular flexibility index (Phi) is 5.32. The average molecular weight is 210 g/mol. The normalized spacial score (nSPS) is 14.9. The minimum absolute atomic E-state index is 0.0812. The maximum Gasteiger partial charge on any atom is 0.133 e. The first-order valence-electron chi connectivity index (χ1n) is 5.31. The van der Waals surface area contributed by atoms with Gasteiger partial charge in [-0.15, -0.1) is 0 Å². The van der Waals surface area contributed by atoms with Crippen LogP contribution >= 0.6 is 0 Å². The molecule has 0 aromatic heterocycles. The highest BCUT2D eigenvalue weighted by molar-refractivity contribution is 5.18. The summed E-state index contributed by atoms with van der Waals surface area (Å²) < 4.78 is 5.48. The number of hydrogen-bond donors (Lipinski definition) is 2. The van der Waals surface area contributed by atoms with Crippen LogP contribution in [0.4, 0.5) is 0 Å². The lowest BCUT2D eigenvalue weighted by Crippen LogP contribution is -2.91. The van der Waals surface area contributed by atoms with E-state index in [1.54, 1.807) is 7.11 Å². The highest BCUT2D eigenvalue weighted by atomic mass is 16.5. The molecule has 3 heteroatoms. The molecule has 0 heterocycles. The Bertz CT molecular complexity index is 264. The van der Waals surface area contributed by atoms with Crippen LogP contribution < -0.4 is 5.32 Å². The van der Waals surface area contributed by atoms with Crippen LogP contribution in [-0.2, 0) is 4.74 Å². The Morgan fingerprint density at radius 2 is 2.00 bits per heavy atom. The van der Waals surface area contributed by atoms with Crippen LogP contribution in [0.2, 0.25) is 0 Å². The molecule has 3 nitrogen and oxygen atoms in total. The molecule has 0 aliphatic heterocycles. The monoisotopic (exact) mass is 210 g/mol. The summed E-state index contributed by atoms with van der Waals surface area (Å²) in [6.45, 7) is 3.03. The van der Waals surface area contributed by atoms with Gasteiger partial charge in [0, 0.05) is 7.11 Å². The van der Waals surface area contributed by atoms with Crippen molar-refractivity contribution in [2.75, 3.05) is 20.3 Å². The molecule has 84 valence electrons. The topological polar surface area (TPSA) is 46.1 Å². The van der Waals surface area contributed by atoms with Crippen LogP contribution in [0.25, 0.3) is 0 Å². The van der Waals surface area contributed by atoms with E-state index in [9.17, 15) is 0 Å². The van der Waals surface area contributed by atoms with Crippen LogP contribution in [0.15, 0.2) is 30.3 Å². The Morgan fingerprint density at radius 3 is 2.53 bits per heavy atom. The molecule has 0 bridgehead atoms. The van der Waals surface area contributed by atoms with Gasteiger partial charge in [0.15, 0.2) is 0 Å². The number of quaternary nitrogens is 1. The van der Waals surface area contributed by atoms with Crippen molar-refractivity contribution in [2.24, 2.45) is 0 Å². The molecule has 1 aromatic rings. The number of benzene rings is 1. The molecule has 0 amide bonds. The number of aliphatic hydroxyl groups is 1. The highest BCUT2D eigenvalue weighted by Gasteiger charge is 2.20. The molecule has 0 aliphatic carbocycles. The van der Waals surface area contributed by atoms with Gasteiger partial charge >= 0.3 is 0 Å². The second-order valence-electron chi connectivity index (χ2n) is 3.67. The first-order valence-corrected chi connectivity index (χ1v) is 5.31. The average Bonchev–Trinajstić information content (AvgIpc) is 2.29. The van der Waals surface area contributed by atoms with Gasteiger partial charge in [-0.2, -0.15) is 0 Å². The van der Waals surface area contributed by atoms with Gasteiger partial charge in [-0.3, -0.25) is 0 Å². The number of aliphatic hydroxyl groups excluding tert-OH is 1. The molecule has 0 spiro atoms. The fourth-order valence-electron chi connectivity index (χ4n) is 1.76. The minimum atomic E-state index is 0.0812. The molecule has 0 unspecified atom stereocenters. The number of hydrogen-bond acceptors (Lipinski definition) is 2. The predicted molar refractivity (Wildman–Crippen MR) is 59.5 cm³/mol. The standard InChI is InChI=1S/C12H19NO2/c1-10(13-8-9-14)12(15-2)11-6-4-3-5-7-11/h3-7,10,12-14H,8-9H2,1-2H3/p+1/t10-,12-/m0/s1. The summed E-state index contributed by atoms with van der Waals surface area (Å²) in [6, 6.07) is 10.5. The predicted octanol–water partition coefficient (Wildman–Crippen LogP) is 0.318. The molecule has 1 rings (SSSR count). The van der Waals surface area contributed by atoms with Gasteiger partial charge in [0.1, 0.15) is 12.1 Å². The molecule has 0 radical (unpaired) electrons. The Morgan fingerprint density at radius 1 is 1.33 bits per heavy atom. The zero-order valence-corrected chi connectivity index (χ0v) is 9.39. The van der Waals surface area contributed by atoms with Crippen molar-refractivity contribution < 1.29 is 15.2 Å². The Hall–Kier alpha value is -0.900. The second kappa shape index (κ2) is 6.56. The zero-order chi connectivity index (χ0) is 11.1. The molecular weight excluding hydrogens is 190 g/mol. The van der Waals surface area contributed by atoms with Crippen molar-refractivity contribution in [2.45, 2.75) is 19.1 Å². The smallest absolute Gasteiger partial charge is 0.133 e. The van der Waals surface area contributed by atoms with Gasteiger partial charge in [-0.1, -0.05) is 30.3 Å². The largest absolute Gasteiger partial charge is 0.391 e. The van der Waals surface area contributed by atoms with E-state index in [4.69, 9.17) is 9.84 Å². The first kappa shape index (κ1) is 12.2. The van der Waals surface area contributed by atoms with E-state index in [2.05, 4.69) is 24.4 Å². The fraction of sp³-hybridized carbons (Fsp3) is 0.500. The van der Waals surface area contributed by atoms with Crippen LogP contribution in [0.3, 0.4) is 0 Å². The second-order valence-corrected chi connectivity index (χ2v) is 3.67. The van der Waals surface area contributed by atoms with Gasteiger partial charge in [0.05, 0.1) is 13.2 Å². The number of rotatable bonds is 6. The molecule has 0 fully saturated rings. The lowest BCUT2D eigenvalue weighted by molar-refractivity contribution is -0.695. The van der Waals surface area contributed by atoms with E-state index >= 15 is 0 Å². The van der Waals surface area contributed by atoms with Gasteiger partial charge in [0.25, 0.3) is 0 Å². The molecule has 1 aromatic carbocycles. The summed E-state index contributed by atoms with van der Waals surface area (Å²) in [4.78, 5) is 0. The molecule has 0 saturated carbocycles. The van der Waals surface area contributed by atoms with Crippen molar-refractivity contribution in [3.05, 3.63) is 35.9 Å². The molecule has 0 aliphatic rings. The summed E-state index contributed by atoms with van der Waals surface area (Å²) in [5.74, 6) is 0. The minimum Gasteiger partial charge on any atom is -0.391 e. The van der Waals surface area contributed by atoms with Crippen LogP contribution in [0, 0.1) is 0 Å². The molecule has 0 saturated heterocycles. The van der Waals surface area contributed by atoms with E-state index < -0.39 is 0 Å². The Balaban J connectivity index is 2.63.